The molecule has 4 nitrogen and oxygen atoms in total. The van der Waals surface area contributed by atoms with Crippen LogP contribution < -0.4 is 5.32 Å². The van der Waals surface area contributed by atoms with Gasteiger partial charge in [-0.15, -0.1) is 0 Å². The number of benzene rings is 1. The molecule has 1 aliphatic rings. The average Bonchev–Trinajstić information content (AvgIpc) is 3.28. The Hall–Kier alpha value is -1.84. The molecule has 1 unspecified atom stereocenters. The first-order valence-corrected chi connectivity index (χ1v) is 7.44. The maximum absolute atomic E-state index is 12.6. The summed E-state index contributed by atoms with van der Waals surface area (Å²) in [7, 11) is 1.35. The lowest BCUT2D eigenvalue weighted by Crippen LogP contribution is -2.46. The van der Waals surface area contributed by atoms with Gasteiger partial charge in [0, 0.05) is 0 Å². The molecule has 1 atom stereocenters. The van der Waals surface area contributed by atoms with Crippen molar-refractivity contribution in [3.63, 3.8) is 0 Å². The van der Waals surface area contributed by atoms with E-state index in [0.717, 1.165) is 18.4 Å². The first-order chi connectivity index (χ1) is 9.99. The van der Waals surface area contributed by atoms with Gasteiger partial charge in [0.05, 0.1) is 12.5 Å². The van der Waals surface area contributed by atoms with Crippen LogP contribution in [0.3, 0.4) is 0 Å². The Kier molecular flexibility index (Phi) is 4.66. The molecular formula is C17H23NO3. The van der Waals surface area contributed by atoms with Gasteiger partial charge in [0.1, 0.15) is 6.04 Å². The fraction of sp³-hybridized carbons (Fsp3) is 0.529. The molecule has 0 saturated heterocycles. The lowest BCUT2D eigenvalue weighted by atomic mass is 9.94. The van der Waals surface area contributed by atoms with Crippen LogP contribution in [0.25, 0.3) is 0 Å². The normalized spacial score (nSPS) is 17.1. The number of hydrogen-bond donors (Lipinski definition) is 1. The molecule has 0 aliphatic heterocycles. The van der Waals surface area contributed by atoms with Crippen LogP contribution in [0.15, 0.2) is 30.3 Å². The maximum atomic E-state index is 12.6. The van der Waals surface area contributed by atoms with Gasteiger partial charge in [0.2, 0.25) is 5.91 Å². The minimum Gasteiger partial charge on any atom is -0.467 e. The minimum atomic E-state index is -0.566. The van der Waals surface area contributed by atoms with E-state index in [0.29, 0.717) is 12.3 Å². The molecule has 114 valence electrons. The molecule has 0 aromatic heterocycles. The predicted molar refractivity (Wildman–Crippen MR) is 80.8 cm³/mol. The van der Waals surface area contributed by atoms with Gasteiger partial charge < -0.3 is 10.1 Å². The van der Waals surface area contributed by atoms with Crippen molar-refractivity contribution in [2.24, 2.45) is 5.92 Å². The summed E-state index contributed by atoms with van der Waals surface area (Å²) in [5.74, 6) is -0.132. The van der Waals surface area contributed by atoms with Crippen molar-refractivity contribution in [2.75, 3.05) is 7.11 Å². The lowest BCUT2D eigenvalue weighted by Gasteiger charge is -2.22. The molecule has 1 aromatic carbocycles. The zero-order valence-corrected chi connectivity index (χ0v) is 12.9. The second-order valence-corrected chi connectivity index (χ2v) is 6.13. The van der Waals surface area contributed by atoms with E-state index in [2.05, 4.69) is 5.32 Å². The van der Waals surface area contributed by atoms with Crippen LogP contribution in [-0.4, -0.2) is 25.0 Å². The highest BCUT2D eigenvalue weighted by atomic mass is 16.5. The fourth-order valence-electron chi connectivity index (χ4n) is 2.65. The molecule has 1 N–H and O–H groups in total. The number of esters is 1. The van der Waals surface area contributed by atoms with E-state index in [4.69, 9.17) is 4.74 Å². The highest BCUT2D eigenvalue weighted by Gasteiger charge is 2.51. The second-order valence-electron chi connectivity index (χ2n) is 6.13. The van der Waals surface area contributed by atoms with Crippen LogP contribution in [0.5, 0.6) is 0 Å². The first-order valence-electron chi connectivity index (χ1n) is 7.44. The largest absolute Gasteiger partial charge is 0.467 e. The van der Waals surface area contributed by atoms with Crippen molar-refractivity contribution >= 4 is 11.9 Å². The predicted octanol–water partition coefficient (Wildman–Crippen LogP) is 2.42. The Morgan fingerprint density at radius 1 is 1.24 bits per heavy atom. The third-order valence-corrected chi connectivity index (χ3v) is 4.01. The number of rotatable bonds is 6. The molecule has 1 amide bonds. The third-order valence-electron chi connectivity index (χ3n) is 4.01. The van der Waals surface area contributed by atoms with Crippen molar-refractivity contribution in [2.45, 2.75) is 44.6 Å². The number of hydrogen-bond acceptors (Lipinski definition) is 3. The number of amides is 1. The van der Waals surface area contributed by atoms with Gasteiger partial charge in [-0.25, -0.2) is 4.79 Å². The number of methoxy groups -OCH3 is 1. The molecule has 2 rings (SSSR count). The minimum absolute atomic E-state index is 0.0650. The zero-order chi connectivity index (χ0) is 15.5. The molecule has 1 saturated carbocycles. The van der Waals surface area contributed by atoms with Crippen LogP contribution in [0.2, 0.25) is 0 Å². The molecule has 0 heterocycles. The quantitative estimate of drug-likeness (QED) is 0.818. The fourth-order valence-corrected chi connectivity index (χ4v) is 2.65. The van der Waals surface area contributed by atoms with Crippen LogP contribution in [0.1, 0.15) is 38.7 Å². The summed E-state index contributed by atoms with van der Waals surface area (Å²) in [5.41, 5.74) is 0.570. The Labute approximate surface area is 125 Å². The van der Waals surface area contributed by atoms with Gasteiger partial charge in [-0.05, 0) is 30.7 Å². The molecule has 0 radical (unpaired) electrons. The Bertz CT molecular complexity index is 506. The number of nitrogens with one attached hydrogen (secondary N) is 1. The highest BCUT2D eigenvalue weighted by Crippen LogP contribution is 2.48. The highest BCUT2D eigenvalue weighted by molar-refractivity contribution is 5.94. The van der Waals surface area contributed by atoms with Crippen molar-refractivity contribution in [3.8, 4) is 0 Å². The lowest BCUT2D eigenvalue weighted by molar-refractivity contribution is -0.145. The average molecular weight is 289 g/mol. The van der Waals surface area contributed by atoms with Gasteiger partial charge in [-0.2, -0.15) is 0 Å². The topological polar surface area (TPSA) is 55.4 Å². The summed E-state index contributed by atoms with van der Waals surface area (Å²) in [4.78, 5) is 24.5. The summed E-state index contributed by atoms with van der Waals surface area (Å²) >= 11 is 0. The number of carbonyl (C=O) groups excluding carboxylic acids is 2. The summed E-state index contributed by atoms with van der Waals surface area (Å²) in [6.45, 7) is 4.04. The monoisotopic (exact) mass is 289 g/mol. The van der Waals surface area contributed by atoms with Gasteiger partial charge in [0.25, 0.3) is 0 Å². The third kappa shape index (κ3) is 3.43. The molecule has 1 aliphatic carbocycles. The standard InChI is InChI=1S/C17H23NO3/c1-12(2)11-14(15(19)21-3)18-16(20)17(9-10-17)13-7-5-4-6-8-13/h4-8,12,14H,9-11H2,1-3H3,(H,18,20). The number of carbonyl (C=O) groups is 2. The van der Waals surface area contributed by atoms with E-state index >= 15 is 0 Å². The Balaban J connectivity index is 2.10. The van der Waals surface area contributed by atoms with E-state index in [1.165, 1.54) is 7.11 Å². The van der Waals surface area contributed by atoms with E-state index in [9.17, 15) is 9.59 Å². The van der Waals surface area contributed by atoms with Gasteiger partial charge in [-0.1, -0.05) is 44.2 Å². The zero-order valence-electron chi connectivity index (χ0n) is 12.9. The van der Waals surface area contributed by atoms with Crippen molar-refractivity contribution in [1.29, 1.82) is 0 Å². The van der Waals surface area contributed by atoms with E-state index in [1.54, 1.807) is 0 Å². The molecule has 1 aromatic rings. The SMILES string of the molecule is COC(=O)C(CC(C)C)NC(=O)C1(c2ccccc2)CC1. The van der Waals surface area contributed by atoms with Crippen LogP contribution in [-0.2, 0) is 19.7 Å². The maximum Gasteiger partial charge on any atom is 0.328 e. The molecule has 4 heteroatoms. The van der Waals surface area contributed by atoms with Gasteiger partial charge in [-0.3, -0.25) is 4.79 Å². The summed E-state index contributed by atoms with van der Waals surface area (Å²) in [6, 6.07) is 9.20. The van der Waals surface area contributed by atoms with Crippen LogP contribution in [0, 0.1) is 5.92 Å². The van der Waals surface area contributed by atoms with Gasteiger partial charge in [0.15, 0.2) is 0 Å². The molecule has 0 bridgehead atoms. The van der Waals surface area contributed by atoms with Crippen LogP contribution in [0.4, 0.5) is 0 Å². The molecule has 21 heavy (non-hydrogen) atoms. The molecule has 0 spiro atoms. The Morgan fingerprint density at radius 3 is 2.33 bits per heavy atom. The van der Waals surface area contributed by atoms with Crippen molar-refractivity contribution in [3.05, 3.63) is 35.9 Å². The first kappa shape index (κ1) is 15.5. The van der Waals surface area contributed by atoms with Crippen molar-refractivity contribution in [1.82, 2.24) is 5.32 Å². The van der Waals surface area contributed by atoms with Gasteiger partial charge >= 0.3 is 5.97 Å². The van der Waals surface area contributed by atoms with Crippen LogP contribution >= 0.6 is 0 Å². The summed E-state index contributed by atoms with van der Waals surface area (Å²) < 4.78 is 4.80. The van der Waals surface area contributed by atoms with E-state index in [-0.39, 0.29) is 11.9 Å². The number of ether oxygens (including phenoxy) is 1. The Morgan fingerprint density at radius 2 is 1.86 bits per heavy atom. The summed E-state index contributed by atoms with van der Waals surface area (Å²) in [6.07, 6.45) is 2.25. The molecular weight excluding hydrogens is 266 g/mol. The van der Waals surface area contributed by atoms with E-state index < -0.39 is 11.5 Å². The van der Waals surface area contributed by atoms with E-state index in [1.807, 2.05) is 44.2 Å². The second kappa shape index (κ2) is 6.29. The van der Waals surface area contributed by atoms with Crippen molar-refractivity contribution < 1.29 is 14.3 Å². The summed E-state index contributed by atoms with van der Waals surface area (Å²) in [5, 5.41) is 2.89. The smallest absolute Gasteiger partial charge is 0.328 e. The molecule has 1 fully saturated rings.